The smallest absolute Gasteiger partial charge is 0.242 e. The quantitative estimate of drug-likeness (QED) is 0.659. The SMILES string of the molecule is Cc1sc2ncnc(NCC(=O)N3CCN(C/C=C/c4ccccc4)CC3)c2c1C. The van der Waals surface area contributed by atoms with Crippen molar-refractivity contribution in [3.8, 4) is 0 Å². The van der Waals surface area contributed by atoms with Gasteiger partial charge in [0.1, 0.15) is 17.0 Å². The summed E-state index contributed by atoms with van der Waals surface area (Å²) in [6, 6.07) is 10.3. The Morgan fingerprint density at radius 2 is 1.90 bits per heavy atom. The molecule has 0 unspecified atom stereocenters. The van der Waals surface area contributed by atoms with E-state index in [1.807, 2.05) is 23.1 Å². The standard InChI is InChI=1S/C23H27N5OS/c1-17-18(2)30-23-21(17)22(25-16-26-23)24-15-20(29)28-13-11-27(12-14-28)10-6-9-19-7-4-3-5-8-19/h3-9,16H,10-15H2,1-2H3,(H,24,25,26)/b9-6+. The van der Waals surface area contributed by atoms with Gasteiger partial charge in [0.05, 0.1) is 11.9 Å². The number of nitrogens with zero attached hydrogens (tertiary/aromatic N) is 4. The van der Waals surface area contributed by atoms with Crippen LogP contribution in [0, 0.1) is 13.8 Å². The molecule has 3 heterocycles. The van der Waals surface area contributed by atoms with Gasteiger partial charge in [0.15, 0.2) is 0 Å². The number of piperazine rings is 1. The number of nitrogens with one attached hydrogen (secondary N) is 1. The van der Waals surface area contributed by atoms with Gasteiger partial charge in [-0.05, 0) is 25.0 Å². The Bertz CT molecular complexity index is 1040. The summed E-state index contributed by atoms with van der Waals surface area (Å²) in [5.41, 5.74) is 2.40. The molecule has 1 aliphatic heterocycles. The molecule has 4 rings (SSSR count). The average molecular weight is 422 g/mol. The van der Waals surface area contributed by atoms with E-state index in [2.05, 4.69) is 58.3 Å². The van der Waals surface area contributed by atoms with Gasteiger partial charge >= 0.3 is 0 Å². The first-order valence-corrected chi connectivity index (χ1v) is 11.1. The molecule has 1 fully saturated rings. The Labute approximate surface area is 181 Å². The van der Waals surface area contributed by atoms with E-state index in [0.29, 0.717) is 0 Å². The average Bonchev–Trinajstić information content (AvgIpc) is 3.07. The molecular formula is C23H27N5OS. The van der Waals surface area contributed by atoms with Gasteiger partial charge in [0.2, 0.25) is 5.91 Å². The lowest BCUT2D eigenvalue weighted by Crippen LogP contribution is -2.50. The number of amides is 1. The summed E-state index contributed by atoms with van der Waals surface area (Å²) in [4.78, 5) is 27.9. The molecule has 3 aromatic rings. The van der Waals surface area contributed by atoms with E-state index >= 15 is 0 Å². The van der Waals surface area contributed by atoms with Gasteiger partial charge in [-0.15, -0.1) is 11.3 Å². The van der Waals surface area contributed by atoms with Gasteiger partial charge in [-0.1, -0.05) is 42.5 Å². The minimum absolute atomic E-state index is 0.117. The van der Waals surface area contributed by atoms with Crippen molar-refractivity contribution in [2.45, 2.75) is 13.8 Å². The third kappa shape index (κ3) is 4.68. The van der Waals surface area contributed by atoms with Crippen molar-refractivity contribution in [2.24, 2.45) is 0 Å². The molecule has 1 aromatic carbocycles. The number of hydrogen-bond acceptors (Lipinski definition) is 6. The number of anilines is 1. The normalized spacial score (nSPS) is 15.2. The molecule has 6 nitrogen and oxygen atoms in total. The zero-order valence-corrected chi connectivity index (χ0v) is 18.3. The van der Waals surface area contributed by atoms with Crippen molar-refractivity contribution < 1.29 is 4.79 Å². The van der Waals surface area contributed by atoms with Crippen LogP contribution >= 0.6 is 11.3 Å². The van der Waals surface area contributed by atoms with Gasteiger partial charge in [0.25, 0.3) is 0 Å². The van der Waals surface area contributed by atoms with Gasteiger partial charge < -0.3 is 10.2 Å². The number of aromatic nitrogens is 2. The van der Waals surface area contributed by atoms with Crippen LogP contribution in [0.5, 0.6) is 0 Å². The number of aryl methyl sites for hydroxylation is 2. The van der Waals surface area contributed by atoms with Crippen LogP contribution in [0.4, 0.5) is 5.82 Å². The second kappa shape index (κ2) is 9.36. The highest BCUT2D eigenvalue weighted by molar-refractivity contribution is 7.18. The maximum absolute atomic E-state index is 12.7. The van der Waals surface area contributed by atoms with Crippen molar-refractivity contribution in [3.05, 3.63) is 58.7 Å². The molecule has 2 aromatic heterocycles. The fourth-order valence-corrected chi connectivity index (χ4v) is 4.67. The van der Waals surface area contributed by atoms with E-state index in [1.54, 1.807) is 17.7 Å². The van der Waals surface area contributed by atoms with E-state index in [9.17, 15) is 4.79 Å². The first-order chi connectivity index (χ1) is 14.6. The maximum atomic E-state index is 12.7. The van der Waals surface area contributed by atoms with Crippen LogP contribution in [0.15, 0.2) is 42.7 Å². The van der Waals surface area contributed by atoms with E-state index in [4.69, 9.17) is 0 Å². The molecule has 30 heavy (non-hydrogen) atoms. The Kier molecular flexibility index (Phi) is 6.40. The van der Waals surface area contributed by atoms with Crippen molar-refractivity contribution in [2.75, 3.05) is 44.6 Å². The van der Waals surface area contributed by atoms with Crippen molar-refractivity contribution >= 4 is 39.4 Å². The fourth-order valence-electron chi connectivity index (χ4n) is 3.67. The molecular weight excluding hydrogens is 394 g/mol. The number of hydrogen-bond donors (Lipinski definition) is 1. The topological polar surface area (TPSA) is 61.4 Å². The third-order valence-electron chi connectivity index (χ3n) is 5.57. The Morgan fingerprint density at radius 3 is 2.67 bits per heavy atom. The first kappa shape index (κ1) is 20.5. The lowest BCUT2D eigenvalue weighted by Gasteiger charge is -2.34. The summed E-state index contributed by atoms with van der Waals surface area (Å²) in [7, 11) is 0. The largest absolute Gasteiger partial charge is 0.360 e. The number of rotatable bonds is 6. The van der Waals surface area contributed by atoms with E-state index in [-0.39, 0.29) is 12.5 Å². The molecule has 1 aliphatic rings. The van der Waals surface area contributed by atoms with Crippen molar-refractivity contribution in [3.63, 3.8) is 0 Å². The molecule has 156 valence electrons. The molecule has 1 amide bonds. The van der Waals surface area contributed by atoms with Crippen LogP contribution in [0.2, 0.25) is 0 Å². The lowest BCUT2D eigenvalue weighted by molar-refractivity contribution is -0.130. The number of carbonyl (C=O) groups excluding carboxylic acids is 1. The van der Waals surface area contributed by atoms with E-state index in [1.165, 1.54) is 16.0 Å². The Morgan fingerprint density at radius 1 is 1.13 bits per heavy atom. The van der Waals surface area contributed by atoms with Crippen LogP contribution in [0.1, 0.15) is 16.0 Å². The van der Waals surface area contributed by atoms with Crippen LogP contribution in [-0.4, -0.2) is 64.9 Å². The highest BCUT2D eigenvalue weighted by atomic mass is 32.1. The monoisotopic (exact) mass is 421 g/mol. The molecule has 0 saturated carbocycles. The highest BCUT2D eigenvalue weighted by Gasteiger charge is 2.21. The molecule has 1 N–H and O–H groups in total. The predicted octanol–water partition coefficient (Wildman–Crippen LogP) is 3.58. The van der Waals surface area contributed by atoms with Crippen LogP contribution in [0.3, 0.4) is 0 Å². The molecule has 0 atom stereocenters. The summed E-state index contributed by atoms with van der Waals surface area (Å²) >= 11 is 1.66. The maximum Gasteiger partial charge on any atom is 0.242 e. The number of thiophene rings is 1. The first-order valence-electron chi connectivity index (χ1n) is 10.3. The summed E-state index contributed by atoms with van der Waals surface area (Å²) in [6.07, 6.45) is 5.91. The third-order valence-corrected chi connectivity index (χ3v) is 6.69. The van der Waals surface area contributed by atoms with Gasteiger partial charge in [0, 0.05) is 37.6 Å². The van der Waals surface area contributed by atoms with Crippen molar-refractivity contribution in [1.29, 1.82) is 0 Å². The molecule has 7 heteroatoms. The second-order valence-corrected chi connectivity index (χ2v) is 8.74. The van der Waals surface area contributed by atoms with Gasteiger partial charge in [-0.3, -0.25) is 9.69 Å². The zero-order chi connectivity index (χ0) is 20.9. The molecule has 0 bridgehead atoms. The minimum atomic E-state index is 0.117. The predicted molar refractivity (Wildman–Crippen MR) is 124 cm³/mol. The summed E-state index contributed by atoms with van der Waals surface area (Å²) in [6.45, 7) is 8.64. The summed E-state index contributed by atoms with van der Waals surface area (Å²) < 4.78 is 0. The Hall–Kier alpha value is -2.77. The van der Waals surface area contributed by atoms with Crippen molar-refractivity contribution in [1.82, 2.24) is 19.8 Å². The fraction of sp³-hybridized carbons (Fsp3) is 0.348. The van der Waals surface area contributed by atoms with Gasteiger partial charge in [-0.2, -0.15) is 0 Å². The number of carbonyl (C=O) groups is 1. The minimum Gasteiger partial charge on any atom is -0.360 e. The molecule has 0 radical (unpaired) electrons. The lowest BCUT2D eigenvalue weighted by atomic mass is 10.2. The number of fused-ring (bicyclic) bond motifs is 1. The Balaban J connectivity index is 1.26. The van der Waals surface area contributed by atoms with E-state index < -0.39 is 0 Å². The molecule has 0 aliphatic carbocycles. The van der Waals surface area contributed by atoms with Gasteiger partial charge in [-0.25, -0.2) is 9.97 Å². The highest BCUT2D eigenvalue weighted by Crippen LogP contribution is 2.32. The summed E-state index contributed by atoms with van der Waals surface area (Å²) in [5, 5.41) is 4.27. The summed E-state index contributed by atoms with van der Waals surface area (Å²) in [5.74, 6) is 0.866. The molecule has 0 spiro atoms. The van der Waals surface area contributed by atoms with Crippen LogP contribution in [-0.2, 0) is 4.79 Å². The second-order valence-electron chi connectivity index (χ2n) is 7.53. The number of benzene rings is 1. The van der Waals surface area contributed by atoms with E-state index in [0.717, 1.165) is 48.8 Å². The van der Waals surface area contributed by atoms with Crippen LogP contribution < -0.4 is 5.32 Å². The zero-order valence-electron chi connectivity index (χ0n) is 17.5. The molecule has 1 saturated heterocycles. The van der Waals surface area contributed by atoms with Crippen LogP contribution in [0.25, 0.3) is 16.3 Å².